The van der Waals surface area contributed by atoms with Crippen molar-refractivity contribution in [2.24, 2.45) is 0 Å². The summed E-state index contributed by atoms with van der Waals surface area (Å²) in [4.78, 5) is 2.53. The first-order valence-electron chi connectivity index (χ1n) is 13.3. The summed E-state index contributed by atoms with van der Waals surface area (Å²) in [5.41, 5.74) is 0. The van der Waals surface area contributed by atoms with Crippen molar-refractivity contribution < 1.29 is 4.74 Å². The monoisotopic (exact) mass is 527 g/mol. The van der Waals surface area contributed by atoms with Gasteiger partial charge in [0.1, 0.15) is 0 Å². The molecule has 192 valence electrons. The summed E-state index contributed by atoms with van der Waals surface area (Å²) in [6.45, 7) is 4.23. The molecule has 37 heavy (non-hydrogen) atoms. The van der Waals surface area contributed by atoms with Crippen LogP contribution in [-0.2, 0) is 4.74 Å². The summed E-state index contributed by atoms with van der Waals surface area (Å²) < 4.78 is 4.94. The average molecular weight is 528 g/mol. The van der Waals surface area contributed by atoms with Gasteiger partial charge in [-0.05, 0) is 69.3 Å². The summed E-state index contributed by atoms with van der Waals surface area (Å²) >= 11 is 0. The maximum atomic E-state index is 4.94. The lowest BCUT2D eigenvalue weighted by Gasteiger charge is -2.25. The largest absolute Gasteiger partial charge is 0.381 e. The van der Waals surface area contributed by atoms with Gasteiger partial charge in [-0.25, -0.2) is 0 Å². The van der Waals surface area contributed by atoms with E-state index in [0.29, 0.717) is 0 Å². The molecule has 4 aromatic rings. The van der Waals surface area contributed by atoms with Crippen LogP contribution in [0.1, 0.15) is 12.8 Å². The Kier molecular flexibility index (Phi) is 11.8. The molecule has 0 spiro atoms. The van der Waals surface area contributed by atoms with Gasteiger partial charge in [-0.2, -0.15) is 0 Å². The number of ether oxygens (including phenoxy) is 1. The Labute approximate surface area is 226 Å². The van der Waals surface area contributed by atoms with Gasteiger partial charge in [0, 0.05) is 26.3 Å². The number of nitrogens with zero attached hydrogens (tertiary/aromatic N) is 1. The molecule has 0 aliphatic carbocycles. The maximum absolute atomic E-state index is 4.94. The van der Waals surface area contributed by atoms with Gasteiger partial charge in [0.2, 0.25) is 0 Å². The van der Waals surface area contributed by atoms with E-state index in [1.165, 1.54) is 46.4 Å². The molecular formula is C33H39NOP2. The Morgan fingerprint density at radius 1 is 0.514 bits per heavy atom. The van der Waals surface area contributed by atoms with Crippen LogP contribution in [0.3, 0.4) is 0 Å². The van der Waals surface area contributed by atoms with Gasteiger partial charge >= 0.3 is 0 Å². The fraction of sp³-hybridized carbons (Fsp3) is 0.273. The van der Waals surface area contributed by atoms with Gasteiger partial charge in [0.15, 0.2) is 0 Å². The van der Waals surface area contributed by atoms with Crippen LogP contribution in [0.5, 0.6) is 0 Å². The van der Waals surface area contributed by atoms with Crippen LogP contribution in [0.4, 0.5) is 0 Å². The molecule has 0 bridgehead atoms. The SMILES string of the molecule is C1CCOC1.CN(CCP(c1ccccc1)c1ccccc1)CCP(c1ccccc1)c1ccccc1. The Hall–Kier alpha value is -2.34. The maximum Gasteiger partial charge on any atom is 0.0466 e. The molecule has 0 N–H and O–H groups in total. The first kappa shape index (κ1) is 27.7. The molecule has 1 heterocycles. The van der Waals surface area contributed by atoms with E-state index >= 15 is 0 Å². The molecule has 5 rings (SSSR count). The highest BCUT2D eigenvalue weighted by Crippen LogP contribution is 2.35. The fourth-order valence-electron chi connectivity index (χ4n) is 4.41. The van der Waals surface area contributed by atoms with Crippen molar-refractivity contribution in [2.75, 3.05) is 45.7 Å². The fourth-order valence-corrected chi connectivity index (χ4v) is 9.25. The first-order chi connectivity index (χ1) is 18.3. The molecule has 0 aromatic heterocycles. The molecular weight excluding hydrogens is 488 g/mol. The molecule has 0 unspecified atom stereocenters. The lowest BCUT2D eigenvalue weighted by molar-refractivity contribution is 0.198. The standard InChI is InChI=1S/C29H31NP2.C4H8O/c1-30(22-24-31(26-14-6-2-7-15-26)27-16-8-3-9-17-27)23-25-32(28-18-10-4-11-19-28)29-20-12-5-13-21-29;1-2-4-5-3-1/h2-21H,22-25H2,1H3;1-4H2. The minimum atomic E-state index is -0.333. The van der Waals surface area contributed by atoms with E-state index in [0.717, 1.165) is 26.3 Å². The molecule has 1 fully saturated rings. The highest BCUT2D eigenvalue weighted by atomic mass is 31.1. The Morgan fingerprint density at radius 3 is 1.05 bits per heavy atom. The molecule has 4 heteroatoms. The number of rotatable bonds is 10. The highest BCUT2D eigenvalue weighted by molar-refractivity contribution is 7.73. The Bertz CT molecular complexity index is 948. The second kappa shape index (κ2) is 15.8. The third-order valence-corrected chi connectivity index (χ3v) is 11.5. The van der Waals surface area contributed by atoms with E-state index in [1.54, 1.807) is 0 Å². The van der Waals surface area contributed by atoms with Crippen molar-refractivity contribution >= 4 is 37.1 Å². The van der Waals surface area contributed by atoms with E-state index < -0.39 is 0 Å². The van der Waals surface area contributed by atoms with E-state index in [4.69, 9.17) is 4.74 Å². The third-order valence-electron chi connectivity index (χ3n) is 6.51. The normalized spacial score (nSPS) is 13.1. The van der Waals surface area contributed by atoms with Gasteiger partial charge in [0.05, 0.1) is 0 Å². The first-order valence-corrected chi connectivity index (χ1v) is 16.4. The minimum absolute atomic E-state index is 0.333. The van der Waals surface area contributed by atoms with Gasteiger partial charge in [0.25, 0.3) is 0 Å². The molecule has 0 amide bonds. The van der Waals surface area contributed by atoms with Crippen molar-refractivity contribution in [3.8, 4) is 0 Å². The highest BCUT2D eigenvalue weighted by Gasteiger charge is 2.17. The minimum Gasteiger partial charge on any atom is -0.381 e. The molecule has 1 aliphatic rings. The van der Waals surface area contributed by atoms with Crippen molar-refractivity contribution in [3.63, 3.8) is 0 Å². The van der Waals surface area contributed by atoms with Gasteiger partial charge < -0.3 is 9.64 Å². The Morgan fingerprint density at radius 2 is 0.811 bits per heavy atom. The zero-order valence-corrected chi connectivity index (χ0v) is 23.7. The van der Waals surface area contributed by atoms with Crippen LogP contribution in [0, 0.1) is 0 Å². The predicted molar refractivity (Wildman–Crippen MR) is 165 cm³/mol. The topological polar surface area (TPSA) is 12.5 Å². The molecule has 0 saturated carbocycles. The predicted octanol–water partition coefficient (Wildman–Crippen LogP) is 5.98. The molecule has 4 aromatic carbocycles. The van der Waals surface area contributed by atoms with Crippen LogP contribution in [0.15, 0.2) is 121 Å². The summed E-state index contributed by atoms with van der Waals surface area (Å²) in [5.74, 6) is 0. The van der Waals surface area contributed by atoms with Crippen molar-refractivity contribution in [1.82, 2.24) is 4.90 Å². The van der Waals surface area contributed by atoms with Crippen LogP contribution < -0.4 is 21.2 Å². The zero-order chi connectivity index (χ0) is 25.5. The molecule has 1 saturated heterocycles. The number of benzene rings is 4. The van der Waals surface area contributed by atoms with Crippen LogP contribution in [-0.4, -0.2) is 50.6 Å². The van der Waals surface area contributed by atoms with Gasteiger partial charge in [-0.3, -0.25) is 0 Å². The van der Waals surface area contributed by atoms with E-state index in [9.17, 15) is 0 Å². The van der Waals surface area contributed by atoms with Crippen molar-refractivity contribution in [2.45, 2.75) is 12.8 Å². The smallest absolute Gasteiger partial charge is 0.0466 e. The number of hydrogen-bond donors (Lipinski definition) is 0. The summed E-state index contributed by atoms with van der Waals surface area (Å²) in [6, 6.07) is 44.2. The van der Waals surface area contributed by atoms with Crippen LogP contribution >= 0.6 is 15.8 Å². The second-order valence-corrected chi connectivity index (χ2v) is 13.9. The summed E-state index contributed by atoms with van der Waals surface area (Å²) in [6.07, 6.45) is 4.93. The van der Waals surface area contributed by atoms with Crippen LogP contribution in [0.2, 0.25) is 0 Å². The molecule has 2 nitrogen and oxygen atoms in total. The van der Waals surface area contributed by atoms with E-state index in [1.807, 2.05) is 0 Å². The van der Waals surface area contributed by atoms with Gasteiger partial charge in [-0.1, -0.05) is 121 Å². The average Bonchev–Trinajstić information content (AvgIpc) is 3.56. The lowest BCUT2D eigenvalue weighted by Crippen LogP contribution is -2.29. The molecule has 1 aliphatic heterocycles. The van der Waals surface area contributed by atoms with Crippen molar-refractivity contribution in [1.29, 1.82) is 0 Å². The lowest BCUT2D eigenvalue weighted by atomic mass is 10.4. The third kappa shape index (κ3) is 9.17. The molecule has 0 atom stereocenters. The van der Waals surface area contributed by atoms with E-state index in [-0.39, 0.29) is 15.8 Å². The van der Waals surface area contributed by atoms with E-state index in [2.05, 4.69) is 133 Å². The van der Waals surface area contributed by atoms with Gasteiger partial charge in [-0.15, -0.1) is 0 Å². The van der Waals surface area contributed by atoms with Crippen LogP contribution in [0.25, 0.3) is 0 Å². The Balaban J connectivity index is 0.000000572. The second-order valence-electron chi connectivity index (χ2n) is 9.27. The van der Waals surface area contributed by atoms with Crippen molar-refractivity contribution in [3.05, 3.63) is 121 Å². The summed E-state index contributed by atoms with van der Waals surface area (Å²) in [7, 11) is 1.62. The zero-order valence-electron chi connectivity index (χ0n) is 22.0. The summed E-state index contributed by atoms with van der Waals surface area (Å²) in [5, 5.41) is 5.88. The quantitative estimate of drug-likeness (QED) is 0.235. The number of hydrogen-bond acceptors (Lipinski definition) is 2. The molecule has 0 radical (unpaired) electrons.